The van der Waals surface area contributed by atoms with Gasteiger partial charge in [-0.3, -0.25) is 4.79 Å². The SMILES string of the molecule is CCOC(=O)c1c(NC(=O)CCCN)sc(C)c1CC. The first-order valence-electron chi connectivity index (χ1n) is 6.84. The third-order valence-corrected chi connectivity index (χ3v) is 3.97. The molecule has 0 aliphatic heterocycles. The zero-order chi connectivity index (χ0) is 15.1. The number of thiophene rings is 1. The van der Waals surface area contributed by atoms with E-state index in [9.17, 15) is 9.59 Å². The molecule has 20 heavy (non-hydrogen) atoms. The van der Waals surface area contributed by atoms with Gasteiger partial charge in [0.25, 0.3) is 0 Å². The largest absolute Gasteiger partial charge is 0.462 e. The average molecular weight is 298 g/mol. The second kappa shape index (κ2) is 8.01. The van der Waals surface area contributed by atoms with Crippen molar-refractivity contribution in [1.29, 1.82) is 0 Å². The van der Waals surface area contributed by atoms with Crippen LogP contribution in [0.4, 0.5) is 5.00 Å². The fourth-order valence-corrected chi connectivity index (χ4v) is 3.11. The Morgan fingerprint density at radius 3 is 2.60 bits per heavy atom. The summed E-state index contributed by atoms with van der Waals surface area (Å²) in [6.45, 7) is 6.49. The van der Waals surface area contributed by atoms with Gasteiger partial charge in [-0.2, -0.15) is 0 Å². The molecule has 0 atom stereocenters. The molecule has 0 aliphatic rings. The standard InChI is InChI=1S/C14H22N2O3S/c1-4-10-9(3)20-13(12(10)14(18)19-5-2)16-11(17)7-6-8-15/h4-8,15H2,1-3H3,(H,16,17). The minimum absolute atomic E-state index is 0.120. The highest BCUT2D eigenvalue weighted by molar-refractivity contribution is 7.16. The quantitative estimate of drug-likeness (QED) is 0.758. The molecule has 0 aromatic carbocycles. The van der Waals surface area contributed by atoms with E-state index in [4.69, 9.17) is 10.5 Å². The summed E-state index contributed by atoms with van der Waals surface area (Å²) in [5.41, 5.74) is 6.83. The molecule has 0 radical (unpaired) electrons. The van der Waals surface area contributed by atoms with Crippen molar-refractivity contribution in [2.45, 2.75) is 40.0 Å². The molecule has 0 fully saturated rings. The number of aryl methyl sites for hydroxylation is 1. The van der Waals surface area contributed by atoms with E-state index in [1.54, 1.807) is 6.92 Å². The van der Waals surface area contributed by atoms with E-state index >= 15 is 0 Å². The minimum atomic E-state index is -0.372. The molecule has 3 N–H and O–H groups in total. The fraction of sp³-hybridized carbons (Fsp3) is 0.571. The number of nitrogens with two attached hydrogens (primary N) is 1. The highest BCUT2D eigenvalue weighted by Crippen LogP contribution is 2.34. The number of esters is 1. The van der Waals surface area contributed by atoms with E-state index in [0.29, 0.717) is 36.6 Å². The maximum atomic E-state index is 12.1. The average Bonchev–Trinajstić information content (AvgIpc) is 2.72. The highest BCUT2D eigenvalue weighted by Gasteiger charge is 2.23. The zero-order valence-electron chi connectivity index (χ0n) is 12.2. The Kier molecular flexibility index (Phi) is 6.67. The minimum Gasteiger partial charge on any atom is -0.462 e. The van der Waals surface area contributed by atoms with Crippen molar-refractivity contribution in [3.8, 4) is 0 Å². The topological polar surface area (TPSA) is 81.4 Å². The predicted molar refractivity (Wildman–Crippen MR) is 81.3 cm³/mol. The maximum absolute atomic E-state index is 12.1. The molecule has 1 heterocycles. The van der Waals surface area contributed by atoms with Gasteiger partial charge in [0.2, 0.25) is 5.91 Å². The van der Waals surface area contributed by atoms with Crippen LogP contribution in [0.3, 0.4) is 0 Å². The third kappa shape index (κ3) is 4.05. The molecule has 0 bridgehead atoms. The van der Waals surface area contributed by atoms with E-state index < -0.39 is 0 Å². The van der Waals surface area contributed by atoms with Crippen LogP contribution in [-0.2, 0) is 16.0 Å². The molecule has 1 aromatic heterocycles. The lowest BCUT2D eigenvalue weighted by Crippen LogP contribution is -2.16. The number of amides is 1. The summed E-state index contributed by atoms with van der Waals surface area (Å²) in [6.07, 6.45) is 1.72. The molecular formula is C14H22N2O3S. The van der Waals surface area contributed by atoms with Crippen LogP contribution in [0.15, 0.2) is 0 Å². The fourth-order valence-electron chi connectivity index (χ4n) is 1.96. The summed E-state index contributed by atoms with van der Waals surface area (Å²) >= 11 is 1.42. The van der Waals surface area contributed by atoms with E-state index in [0.717, 1.165) is 16.9 Å². The number of carbonyl (C=O) groups excluding carboxylic acids is 2. The lowest BCUT2D eigenvalue weighted by Gasteiger charge is -2.07. The molecule has 0 spiro atoms. The van der Waals surface area contributed by atoms with Crippen LogP contribution in [0.25, 0.3) is 0 Å². The van der Waals surface area contributed by atoms with E-state index in [1.807, 2.05) is 13.8 Å². The van der Waals surface area contributed by atoms with Crippen LogP contribution in [-0.4, -0.2) is 25.0 Å². The molecule has 6 heteroatoms. The molecule has 0 aliphatic carbocycles. The summed E-state index contributed by atoms with van der Waals surface area (Å²) in [5, 5.41) is 3.39. The number of carbonyl (C=O) groups is 2. The summed E-state index contributed by atoms with van der Waals surface area (Å²) in [4.78, 5) is 24.9. The third-order valence-electron chi connectivity index (χ3n) is 2.90. The van der Waals surface area contributed by atoms with Crippen LogP contribution >= 0.6 is 11.3 Å². The second-order valence-corrected chi connectivity index (χ2v) is 5.58. The molecular weight excluding hydrogens is 276 g/mol. The van der Waals surface area contributed by atoms with Crippen molar-refractivity contribution in [2.75, 3.05) is 18.5 Å². The Morgan fingerprint density at radius 1 is 1.35 bits per heavy atom. The summed E-state index contributed by atoms with van der Waals surface area (Å²) < 4.78 is 5.08. The Morgan fingerprint density at radius 2 is 2.05 bits per heavy atom. The molecule has 0 unspecified atom stereocenters. The first-order valence-corrected chi connectivity index (χ1v) is 7.66. The molecule has 1 aromatic rings. The number of anilines is 1. The van der Waals surface area contributed by atoms with Gasteiger partial charge in [0.05, 0.1) is 12.2 Å². The molecule has 0 saturated carbocycles. The van der Waals surface area contributed by atoms with Crippen LogP contribution < -0.4 is 11.1 Å². The van der Waals surface area contributed by atoms with Gasteiger partial charge in [-0.15, -0.1) is 11.3 Å². The van der Waals surface area contributed by atoms with Gasteiger partial charge < -0.3 is 15.8 Å². The van der Waals surface area contributed by atoms with E-state index in [-0.39, 0.29) is 11.9 Å². The summed E-state index contributed by atoms with van der Waals surface area (Å²) in [6, 6.07) is 0. The number of hydrogen-bond acceptors (Lipinski definition) is 5. The van der Waals surface area contributed by atoms with Crippen LogP contribution in [0.5, 0.6) is 0 Å². The Bertz CT molecular complexity index is 483. The highest BCUT2D eigenvalue weighted by atomic mass is 32.1. The Labute approximate surface area is 123 Å². The molecule has 5 nitrogen and oxygen atoms in total. The second-order valence-electron chi connectivity index (χ2n) is 4.36. The smallest absolute Gasteiger partial charge is 0.341 e. The van der Waals surface area contributed by atoms with Crippen molar-refractivity contribution in [3.05, 3.63) is 16.0 Å². The lowest BCUT2D eigenvalue weighted by atomic mass is 10.1. The number of nitrogens with one attached hydrogen (secondary N) is 1. The Hall–Kier alpha value is -1.40. The van der Waals surface area contributed by atoms with Crippen molar-refractivity contribution < 1.29 is 14.3 Å². The number of rotatable bonds is 7. The van der Waals surface area contributed by atoms with E-state index in [1.165, 1.54) is 11.3 Å². The maximum Gasteiger partial charge on any atom is 0.341 e. The van der Waals surface area contributed by atoms with E-state index in [2.05, 4.69) is 5.32 Å². The van der Waals surface area contributed by atoms with Crippen molar-refractivity contribution in [3.63, 3.8) is 0 Å². The van der Waals surface area contributed by atoms with Crippen LogP contribution in [0.1, 0.15) is 47.5 Å². The first-order chi connectivity index (χ1) is 9.54. The van der Waals surface area contributed by atoms with Crippen LogP contribution in [0.2, 0.25) is 0 Å². The van der Waals surface area contributed by atoms with Gasteiger partial charge in [-0.25, -0.2) is 4.79 Å². The van der Waals surface area contributed by atoms with Crippen molar-refractivity contribution in [2.24, 2.45) is 5.73 Å². The monoisotopic (exact) mass is 298 g/mol. The zero-order valence-corrected chi connectivity index (χ0v) is 13.1. The summed E-state index contributed by atoms with van der Waals surface area (Å²) in [7, 11) is 0. The molecule has 112 valence electrons. The van der Waals surface area contributed by atoms with Gasteiger partial charge in [0.1, 0.15) is 5.00 Å². The first kappa shape index (κ1) is 16.7. The van der Waals surface area contributed by atoms with Gasteiger partial charge in [-0.1, -0.05) is 6.92 Å². The predicted octanol–water partition coefficient (Wildman–Crippen LogP) is 2.47. The van der Waals surface area contributed by atoms with Gasteiger partial charge in [0, 0.05) is 11.3 Å². The van der Waals surface area contributed by atoms with Crippen molar-refractivity contribution >= 4 is 28.2 Å². The summed E-state index contributed by atoms with van der Waals surface area (Å²) in [5.74, 6) is -0.493. The normalized spacial score (nSPS) is 10.4. The van der Waals surface area contributed by atoms with Gasteiger partial charge >= 0.3 is 5.97 Å². The molecule has 1 amide bonds. The number of ether oxygens (including phenoxy) is 1. The van der Waals surface area contributed by atoms with Gasteiger partial charge in [0.15, 0.2) is 0 Å². The van der Waals surface area contributed by atoms with Crippen molar-refractivity contribution in [1.82, 2.24) is 0 Å². The van der Waals surface area contributed by atoms with Crippen LogP contribution in [0, 0.1) is 6.92 Å². The number of hydrogen-bond donors (Lipinski definition) is 2. The Balaban J connectivity index is 3.00. The van der Waals surface area contributed by atoms with Gasteiger partial charge in [-0.05, 0) is 38.8 Å². The lowest BCUT2D eigenvalue weighted by molar-refractivity contribution is -0.116. The molecule has 1 rings (SSSR count). The molecule has 0 saturated heterocycles.